The fourth-order valence-electron chi connectivity index (χ4n) is 2.26. The maximum absolute atomic E-state index is 6.00. The number of nitrogens with two attached hydrogens (primary N) is 1. The molecule has 0 atom stereocenters. The third-order valence-corrected chi connectivity index (χ3v) is 4.26. The molecule has 0 aliphatic heterocycles. The molecule has 5 nitrogen and oxygen atoms in total. The topological polar surface area (TPSA) is 74.2 Å². The fraction of sp³-hybridized carbons (Fsp3) is 0.200. The molecule has 0 spiro atoms. The number of nitrogen functional groups attached to an aromatic ring is 1. The van der Waals surface area contributed by atoms with Crippen molar-refractivity contribution in [1.29, 1.82) is 0 Å². The van der Waals surface area contributed by atoms with Gasteiger partial charge in [-0.1, -0.05) is 17.3 Å². The van der Waals surface area contributed by atoms with Crippen molar-refractivity contribution in [3.8, 4) is 27.5 Å². The number of hydrogen-bond donors (Lipinski definition) is 1. The van der Waals surface area contributed by atoms with Crippen LogP contribution < -0.4 is 10.5 Å². The first-order chi connectivity index (χ1) is 10.1. The number of anilines is 1. The molecule has 1 aromatic carbocycles. The summed E-state index contributed by atoms with van der Waals surface area (Å²) in [5.41, 5.74) is 8.60. The minimum atomic E-state index is 0.365. The molecule has 6 heteroatoms. The van der Waals surface area contributed by atoms with Crippen molar-refractivity contribution in [2.75, 3.05) is 12.8 Å². The lowest BCUT2D eigenvalue weighted by Crippen LogP contribution is -1.90. The van der Waals surface area contributed by atoms with Gasteiger partial charge in [0, 0.05) is 0 Å². The normalized spacial score (nSPS) is 10.8. The summed E-state index contributed by atoms with van der Waals surface area (Å²) < 4.78 is 10.7. The van der Waals surface area contributed by atoms with E-state index >= 15 is 0 Å². The van der Waals surface area contributed by atoms with Crippen molar-refractivity contribution >= 4 is 17.2 Å². The fourth-order valence-corrected chi connectivity index (χ4v) is 3.16. The molecule has 0 amide bonds. The highest BCUT2D eigenvalue weighted by atomic mass is 32.1. The first kappa shape index (κ1) is 13.6. The van der Waals surface area contributed by atoms with E-state index in [2.05, 4.69) is 10.1 Å². The van der Waals surface area contributed by atoms with Crippen molar-refractivity contribution in [3.05, 3.63) is 35.0 Å². The number of ether oxygens (including phenoxy) is 1. The zero-order chi connectivity index (χ0) is 15.0. The summed E-state index contributed by atoms with van der Waals surface area (Å²) in [5, 5.41) is 4.90. The molecule has 0 fully saturated rings. The van der Waals surface area contributed by atoms with Crippen molar-refractivity contribution in [1.82, 2.24) is 10.1 Å². The Morgan fingerprint density at radius 2 is 2.10 bits per heavy atom. The Bertz CT molecular complexity index is 792. The second kappa shape index (κ2) is 5.21. The molecular weight excluding hydrogens is 286 g/mol. The van der Waals surface area contributed by atoms with Crippen LogP contribution in [-0.2, 0) is 0 Å². The maximum atomic E-state index is 6.00. The number of aryl methyl sites for hydroxylation is 2. The number of benzene rings is 1. The molecule has 0 bridgehead atoms. The van der Waals surface area contributed by atoms with E-state index in [1.54, 1.807) is 18.4 Å². The van der Waals surface area contributed by atoms with Gasteiger partial charge < -0.3 is 15.0 Å². The van der Waals surface area contributed by atoms with Crippen molar-refractivity contribution in [2.24, 2.45) is 0 Å². The van der Waals surface area contributed by atoms with E-state index in [1.165, 1.54) is 0 Å². The Labute approximate surface area is 126 Å². The van der Waals surface area contributed by atoms with Crippen molar-refractivity contribution in [3.63, 3.8) is 0 Å². The van der Waals surface area contributed by atoms with Gasteiger partial charge in [0.15, 0.2) is 11.6 Å². The maximum Gasteiger partial charge on any atom is 0.188 e. The van der Waals surface area contributed by atoms with E-state index in [0.717, 1.165) is 32.5 Å². The average Bonchev–Trinajstić information content (AvgIpc) is 3.01. The van der Waals surface area contributed by atoms with E-state index in [1.807, 2.05) is 38.1 Å². The highest BCUT2D eigenvalue weighted by molar-refractivity contribution is 7.15. The summed E-state index contributed by atoms with van der Waals surface area (Å²) in [6, 6.07) is 7.66. The van der Waals surface area contributed by atoms with Gasteiger partial charge in [-0.05, 0) is 31.5 Å². The molecular formula is C15H15N3O2S. The summed E-state index contributed by atoms with van der Waals surface area (Å²) in [6.45, 7) is 3.92. The standard InChI is InChI=1S/C15H15N3O2S/c1-8-14(21-9(2)17-8)13-12(15(16)18-20-13)10-5-4-6-11(7-10)19-3/h4-7H,1-3H3,(H2,16,18). The van der Waals surface area contributed by atoms with Gasteiger partial charge >= 0.3 is 0 Å². The van der Waals surface area contributed by atoms with Crippen LogP contribution in [0.5, 0.6) is 5.75 Å². The largest absolute Gasteiger partial charge is 0.497 e. The van der Waals surface area contributed by atoms with Crippen LogP contribution in [0.2, 0.25) is 0 Å². The van der Waals surface area contributed by atoms with Gasteiger partial charge in [-0.15, -0.1) is 11.3 Å². The smallest absolute Gasteiger partial charge is 0.188 e. The molecule has 0 unspecified atom stereocenters. The number of methoxy groups -OCH3 is 1. The van der Waals surface area contributed by atoms with Gasteiger partial charge in [0.05, 0.1) is 28.3 Å². The SMILES string of the molecule is COc1cccc(-c2c(N)noc2-c2sc(C)nc2C)c1. The summed E-state index contributed by atoms with van der Waals surface area (Å²) in [5.74, 6) is 1.78. The second-order valence-electron chi connectivity index (χ2n) is 4.65. The van der Waals surface area contributed by atoms with Gasteiger partial charge in [-0.3, -0.25) is 0 Å². The molecule has 2 aromatic heterocycles. The number of thiazole rings is 1. The molecule has 0 aliphatic carbocycles. The number of nitrogens with zero attached hydrogens (tertiary/aromatic N) is 2. The van der Waals surface area contributed by atoms with E-state index < -0.39 is 0 Å². The molecule has 21 heavy (non-hydrogen) atoms. The van der Waals surface area contributed by atoms with Gasteiger partial charge in [-0.2, -0.15) is 0 Å². The Morgan fingerprint density at radius 1 is 1.29 bits per heavy atom. The lowest BCUT2D eigenvalue weighted by molar-refractivity contribution is 0.415. The quantitative estimate of drug-likeness (QED) is 0.799. The van der Waals surface area contributed by atoms with E-state index in [0.29, 0.717) is 11.6 Å². The molecule has 0 saturated carbocycles. The molecule has 0 radical (unpaired) electrons. The summed E-state index contributed by atoms with van der Waals surface area (Å²) >= 11 is 1.57. The van der Waals surface area contributed by atoms with Gasteiger partial charge in [0.1, 0.15) is 5.75 Å². The lowest BCUT2D eigenvalue weighted by Gasteiger charge is -2.04. The molecule has 3 aromatic rings. The van der Waals surface area contributed by atoms with Gasteiger partial charge in [0.25, 0.3) is 0 Å². The van der Waals surface area contributed by atoms with Crippen LogP contribution in [0.25, 0.3) is 21.8 Å². The molecule has 2 N–H and O–H groups in total. The zero-order valence-electron chi connectivity index (χ0n) is 12.0. The number of hydrogen-bond acceptors (Lipinski definition) is 6. The molecule has 0 saturated heterocycles. The first-order valence-electron chi connectivity index (χ1n) is 6.44. The van der Waals surface area contributed by atoms with Crippen molar-refractivity contribution in [2.45, 2.75) is 13.8 Å². The summed E-state index contributed by atoms with van der Waals surface area (Å²) in [6.07, 6.45) is 0. The third kappa shape index (κ3) is 2.38. The highest BCUT2D eigenvalue weighted by Crippen LogP contribution is 2.41. The third-order valence-electron chi connectivity index (χ3n) is 3.19. The minimum Gasteiger partial charge on any atom is -0.497 e. The van der Waals surface area contributed by atoms with Crippen LogP contribution in [0.4, 0.5) is 5.82 Å². The number of aromatic nitrogens is 2. The Hall–Kier alpha value is -2.34. The predicted octanol–water partition coefficient (Wildman–Crippen LogP) is 3.67. The highest BCUT2D eigenvalue weighted by Gasteiger charge is 2.21. The van der Waals surface area contributed by atoms with Crippen molar-refractivity contribution < 1.29 is 9.26 Å². The molecule has 3 rings (SSSR count). The van der Waals surface area contributed by atoms with Gasteiger partial charge in [-0.25, -0.2) is 4.98 Å². The van der Waals surface area contributed by atoms with Crippen LogP contribution in [-0.4, -0.2) is 17.3 Å². The van der Waals surface area contributed by atoms with Crippen LogP contribution in [0, 0.1) is 13.8 Å². The van der Waals surface area contributed by atoms with Crippen LogP contribution in [0.15, 0.2) is 28.8 Å². The van der Waals surface area contributed by atoms with Crippen LogP contribution in [0.3, 0.4) is 0 Å². The number of rotatable bonds is 3. The second-order valence-corrected chi connectivity index (χ2v) is 5.85. The van der Waals surface area contributed by atoms with Crippen LogP contribution >= 0.6 is 11.3 Å². The van der Waals surface area contributed by atoms with Gasteiger partial charge in [0.2, 0.25) is 0 Å². The lowest BCUT2D eigenvalue weighted by atomic mass is 10.0. The molecule has 0 aliphatic rings. The monoisotopic (exact) mass is 301 g/mol. The summed E-state index contributed by atoms with van der Waals surface area (Å²) in [4.78, 5) is 5.38. The van der Waals surface area contributed by atoms with E-state index in [9.17, 15) is 0 Å². The average molecular weight is 301 g/mol. The Balaban J connectivity index is 2.19. The molecule has 108 valence electrons. The Kier molecular flexibility index (Phi) is 3.39. The van der Waals surface area contributed by atoms with Crippen LogP contribution in [0.1, 0.15) is 10.7 Å². The minimum absolute atomic E-state index is 0.365. The predicted molar refractivity (Wildman–Crippen MR) is 83.5 cm³/mol. The summed E-state index contributed by atoms with van der Waals surface area (Å²) in [7, 11) is 1.63. The molecule has 2 heterocycles. The van der Waals surface area contributed by atoms with E-state index in [4.69, 9.17) is 15.0 Å². The first-order valence-corrected chi connectivity index (χ1v) is 7.25. The Morgan fingerprint density at radius 3 is 2.76 bits per heavy atom. The van der Waals surface area contributed by atoms with E-state index in [-0.39, 0.29) is 0 Å². The zero-order valence-corrected chi connectivity index (χ0v) is 12.8.